The second kappa shape index (κ2) is 13.5. The first-order valence-corrected chi connectivity index (χ1v) is 16.6. The first-order chi connectivity index (χ1) is 23.3. The van der Waals surface area contributed by atoms with Crippen molar-refractivity contribution in [2.45, 2.75) is 50.1 Å². The highest BCUT2D eigenvalue weighted by Gasteiger charge is 2.44. The molecule has 5 heterocycles. The molecule has 2 atom stereocenters. The Balaban J connectivity index is 0.802. The fourth-order valence-electron chi connectivity index (χ4n) is 6.93. The lowest BCUT2D eigenvalue weighted by Crippen LogP contribution is -2.54. The molecule has 0 aliphatic carbocycles. The van der Waals surface area contributed by atoms with Crippen LogP contribution in [-0.4, -0.2) is 107 Å². The lowest BCUT2D eigenvalue weighted by molar-refractivity contribution is -0.136. The molecule has 4 aliphatic rings. The van der Waals surface area contributed by atoms with Crippen LogP contribution in [0, 0.1) is 0 Å². The van der Waals surface area contributed by atoms with Crippen molar-refractivity contribution < 1.29 is 24.0 Å². The second-order valence-electron chi connectivity index (χ2n) is 12.8. The van der Waals surface area contributed by atoms with Crippen LogP contribution in [0.25, 0.3) is 10.9 Å². The third kappa shape index (κ3) is 6.50. The predicted molar refractivity (Wildman–Crippen MR) is 178 cm³/mol. The molecule has 5 amide bonds. The average molecular weight is 651 g/mol. The number of rotatable bonds is 10. The maximum Gasteiger partial charge on any atom is 0.262 e. The molecule has 7 rings (SSSR count). The molecule has 13 nitrogen and oxygen atoms in total. The highest BCUT2D eigenvalue weighted by molar-refractivity contribution is 6.23. The molecule has 3 N–H and O–H groups in total. The smallest absolute Gasteiger partial charge is 0.262 e. The van der Waals surface area contributed by atoms with Crippen molar-refractivity contribution in [1.82, 2.24) is 30.4 Å². The molecular formula is C35H38N8O5. The quantitative estimate of drug-likeness (QED) is 0.221. The molecule has 2 saturated heterocycles. The van der Waals surface area contributed by atoms with Gasteiger partial charge in [-0.3, -0.25) is 49.1 Å². The molecule has 2 aromatic carbocycles. The van der Waals surface area contributed by atoms with Crippen LogP contribution in [0.2, 0.25) is 0 Å². The number of piperidine rings is 2. The number of carbonyl (C=O) groups excluding carboxylic acids is 5. The van der Waals surface area contributed by atoms with E-state index in [1.54, 1.807) is 18.2 Å². The highest BCUT2D eigenvalue weighted by Crippen LogP contribution is 2.30. The molecule has 0 saturated carbocycles. The van der Waals surface area contributed by atoms with Gasteiger partial charge in [-0.05, 0) is 56.0 Å². The lowest BCUT2D eigenvalue weighted by Gasteiger charge is -2.35. The van der Waals surface area contributed by atoms with Gasteiger partial charge in [-0.25, -0.2) is 0 Å². The van der Waals surface area contributed by atoms with Crippen LogP contribution in [0.1, 0.15) is 64.4 Å². The number of aromatic nitrogens is 1. The van der Waals surface area contributed by atoms with Crippen molar-refractivity contribution in [3.63, 3.8) is 0 Å². The average Bonchev–Trinajstić information content (AvgIpc) is 3.68. The van der Waals surface area contributed by atoms with Crippen LogP contribution >= 0.6 is 0 Å². The minimum atomic E-state index is -0.993. The lowest BCUT2D eigenvalue weighted by atomic mass is 10.0. The van der Waals surface area contributed by atoms with Gasteiger partial charge in [0.2, 0.25) is 17.7 Å². The molecule has 3 aromatic rings. The number of fused-ring (bicyclic) bond motifs is 2. The molecule has 4 aliphatic heterocycles. The monoisotopic (exact) mass is 650 g/mol. The van der Waals surface area contributed by atoms with Gasteiger partial charge in [0.05, 0.1) is 34.8 Å². The summed E-state index contributed by atoms with van der Waals surface area (Å²) < 4.78 is 0. The van der Waals surface area contributed by atoms with Gasteiger partial charge in [-0.15, -0.1) is 0 Å². The third-order valence-corrected chi connectivity index (χ3v) is 9.57. The van der Waals surface area contributed by atoms with E-state index in [0.29, 0.717) is 37.8 Å². The SMILES string of the molecule is O=C(CN1CCC(N2CC(c3ccc4ccccc4n3)C=N2)CC1)NCCCNc1ccc2c(c1)C(=O)N(C1CCC(=O)NC1=O)C2=O. The number of para-hydroxylation sites is 1. The van der Waals surface area contributed by atoms with Crippen LogP contribution in [0.15, 0.2) is 59.7 Å². The fourth-order valence-corrected chi connectivity index (χ4v) is 6.93. The van der Waals surface area contributed by atoms with Gasteiger partial charge in [0, 0.05) is 62.5 Å². The van der Waals surface area contributed by atoms with E-state index in [9.17, 15) is 24.0 Å². The van der Waals surface area contributed by atoms with E-state index < -0.39 is 29.7 Å². The van der Waals surface area contributed by atoms with Crippen molar-refractivity contribution in [2.75, 3.05) is 44.6 Å². The Morgan fingerprint density at radius 1 is 0.917 bits per heavy atom. The van der Waals surface area contributed by atoms with E-state index in [4.69, 9.17) is 10.1 Å². The summed E-state index contributed by atoms with van der Waals surface area (Å²) in [6.45, 7) is 3.91. The Labute approximate surface area is 277 Å². The van der Waals surface area contributed by atoms with E-state index >= 15 is 0 Å². The number of nitrogens with zero attached hydrogens (tertiary/aromatic N) is 5. The molecule has 2 unspecified atom stereocenters. The van der Waals surface area contributed by atoms with Gasteiger partial charge in [-0.2, -0.15) is 5.10 Å². The Kier molecular flexibility index (Phi) is 8.85. The van der Waals surface area contributed by atoms with E-state index in [2.05, 4.69) is 44.1 Å². The summed E-state index contributed by atoms with van der Waals surface area (Å²) in [7, 11) is 0. The predicted octanol–water partition coefficient (Wildman–Crippen LogP) is 2.10. The van der Waals surface area contributed by atoms with Gasteiger partial charge in [0.1, 0.15) is 6.04 Å². The number of benzene rings is 2. The Morgan fingerprint density at radius 3 is 2.56 bits per heavy atom. The zero-order valence-electron chi connectivity index (χ0n) is 26.6. The van der Waals surface area contributed by atoms with Crippen LogP contribution in [0.5, 0.6) is 0 Å². The molecule has 0 spiro atoms. The standard InChI is InChI=1S/C35H38N8O5/c44-31-11-10-30(33(46)40-31)43-34(47)26-8-7-24(18-27(26)35(43)48)36-14-3-15-37-32(45)21-41-16-12-25(13-17-41)42-20-23(19-38-42)29-9-6-22-4-1-2-5-28(22)39-29/h1-2,4-9,18-19,23,25,30,36H,3,10-17,20-21H2,(H,37,45)(H,40,44,46). The van der Waals surface area contributed by atoms with Gasteiger partial charge in [0.15, 0.2) is 0 Å². The molecule has 0 radical (unpaired) electrons. The minimum Gasteiger partial charge on any atom is -0.385 e. The molecule has 48 heavy (non-hydrogen) atoms. The molecule has 1 aromatic heterocycles. The summed E-state index contributed by atoms with van der Waals surface area (Å²) in [5, 5.41) is 16.5. The van der Waals surface area contributed by atoms with E-state index in [1.165, 1.54) is 0 Å². The number of hydrogen-bond donors (Lipinski definition) is 3. The Hall–Kier alpha value is -5.17. The number of imide groups is 2. The van der Waals surface area contributed by atoms with Gasteiger partial charge in [0.25, 0.3) is 11.8 Å². The molecule has 13 heteroatoms. The van der Waals surface area contributed by atoms with Crippen LogP contribution in [0.4, 0.5) is 5.69 Å². The molecule has 0 bridgehead atoms. The molecule has 2 fully saturated rings. The Morgan fingerprint density at radius 2 is 1.73 bits per heavy atom. The van der Waals surface area contributed by atoms with Crippen molar-refractivity contribution in [2.24, 2.45) is 5.10 Å². The largest absolute Gasteiger partial charge is 0.385 e. The summed E-state index contributed by atoms with van der Waals surface area (Å²) in [5.74, 6) is -1.95. The second-order valence-corrected chi connectivity index (χ2v) is 12.8. The number of pyridine rings is 1. The Bertz CT molecular complexity index is 1800. The van der Waals surface area contributed by atoms with Crippen molar-refractivity contribution in [3.8, 4) is 0 Å². The van der Waals surface area contributed by atoms with Crippen molar-refractivity contribution in [3.05, 3.63) is 71.4 Å². The van der Waals surface area contributed by atoms with Gasteiger partial charge in [-0.1, -0.05) is 24.3 Å². The van der Waals surface area contributed by atoms with E-state index in [-0.39, 0.29) is 35.8 Å². The first-order valence-electron chi connectivity index (χ1n) is 16.6. The molecular weight excluding hydrogens is 612 g/mol. The van der Waals surface area contributed by atoms with Crippen molar-refractivity contribution in [1.29, 1.82) is 0 Å². The normalized spacial score (nSPS) is 21.6. The number of anilines is 1. The number of likely N-dealkylation sites (tertiary alicyclic amines) is 1. The maximum absolute atomic E-state index is 13.0. The molecule has 248 valence electrons. The van der Waals surface area contributed by atoms with Crippen molar-refractivity contribution >= 4 is 52.3 Å². The maximum atomic E-state index is 13.0. The van der Waals surface area contributed by atoms with E-state index in [0.717, 1.165) is 54.0 Å². The van der Waals surface area contributed by atoms with Gasteiger partial charge >= 0.3 is 0 Å². The summed E-state index contributed by atoms with van der Waals surface area (Å²) in [4.78, 5) is 70.3. The summed E-state index contributed by atoms with van der Waals surface area (Å²) >= 11 is 0. The number of carbonyl (C=O) groups is 5. The fraction of sp³-hybridized carbons (Fsp3) is 0.400. The van der Waals surface area contributed by atoms with Gasteiger partial charge < -0.3 is 10.6 Å². The van der Waals surface area contributed by atoms with Crippen LogP contribution < -0.4 is 16.0 Å². The number of nitrogens with one attached hydrogen (secondary N) is 3. The highest BCUT2D eigenvalue weighted by atomic mass is 16.2. The number of hydrogen-bond acceptors (Lipinski definition) is 10. The van der Waals surface area contributed by atoms with Crippen LogP contribution in [0.3, 0.4) is 0 Å². The van der Waals surface area contributed by atoms with Crippen LogP contribution in [-0.2, 0) is 14.4 Å². The zero-order chi connectivity index (χ0) is 33.2. The number of amides is 5. The van der Waals surface area contributed by atoms with E-state index in [1.807, 2.05) is 24.4 Å². The zero-order valence-corrected chi connectivity index (χ0v) is 26.6. The topological polar surface area (TPSA) is 156 Å². The minimum absolute atomic E-state index is 0.00901. The third-order valence-electron chi connectivity index (χ3n) is 9.57. The summed E-state index contributed by atoms with van der Waals surface area (Å²) in [6, 6.07) is 16.6. The first kappa shape index (κ1) is 31.4. The summed E-state index contributed by atoms with van der Waals surface area (Å²) in [6.07, 6.45) is 4.77. The number of hydrazone groups is 1. The summed E-state index contributed by atoms with van der Waals surface area (Å²) in [5.41, 5.74) is 3.17.